The molecule has 4 nitrogen and oxygen atoms in total. The number of piperidine rings is 1. The van der Waals surface area contributed by atoms with E-state index in [2.05, 4.69) is 24.1 Å². The van der Waals surface area contributed by atoms with Crippen molar-refractivity contribution in [1.82, 2.24) is 10.2 Å². The van der Waals surface area contributed by atoms with Crippen molar-refractivity contribution < 1.29 is 9.90 Å². The molecule has 1 saturated carbocycles. The maximum Gasteiger partial charge on any atom is 0.307 e. The molecule has 0 amide bonds. The normalized spacial score (nSPS) is 30.8. The van der Waals surface area contributed by atoms with Gasteiger partial charge in [0, 0.05) is 25.2 Å². The van der Waals surface area contributed by atoms with Crippen LogP contribution < -0.4 is 5.32 Å². The van der Waals surface area contributed by atoms with E-state index < -0.39 is 5.97 Å². The average molecular weight is 268 g/mol. The summed E-state index contributed by atoms with van der Waals surface area (Å²) in [6.07, 6.45) is 5.93. The second-order valence-corrected chi connectivity index (χ2v) is 6.38. The van der Waals surface area contributed by atoms with Gasteiger partial charge in [0.05, 0.1) is 5.92 Å². The molecular formula is C15H28N2O2. The third-order valence-electron chi connectivity index (χ3n) is 4.96. The monoisotopic (exact) mass is 268 g/mol. The topological polar surface area (TPSA) is 52.6 Å². The predicted molar refractivity (Wildman–Crippen MR) is 76.2 cm³/mol. The molecule has 0 aromatic heterocycles. The van der Waals surface area contributed by atoms with Crippen molar-refractivity contribution in [2.45, 2.75) is 58.0 Å². The first kappa shape index (κ1) is 14.8. The number of carbonyl (C=O) groups is 1. The van der Waals surface area contributed by atoms with Crippen molar-refractivity contribution >= 4 is 5.97 Å². The van der Waals surface area contributed by atoms with Crippen LogP contribution in [-0.4, -0.2) is 47.7 Å². The molecule has 0 aromatic carbocycles. The molecule has 1 aliphatic carbocycles. The fourth-order valence-corrected chi connectivity index (χ4v) is 3.11. The molecule has 2 rings (SSSR count). The number of hydrogen-bond acceptors (Lipinski definition) is 3. The Hall–Kier alpha value is -0.610. The molecule has 1 heterocycles. The van der Waals surface area contributed by atoms with Crippen molar-refractivity contribution in [2.75, 3.05) is 19.6 Å². The number of hydrogen-bond donors (Lipinski definition) is 2. The van der Waals surface area contributed by atoms with Crippen LogP contribution in [0.4, 0.5) is 0 Å². The van der Waals surface area contributed by atoms with E-state index in [0.717, 1.165) is 31.8 Å². The molecule has 3 unspecified atom stereocenters. The van der Waals surface area contributed by atoms with E-state index in [1.807, 2.05) is 0 Å². The molecule has 4 heteroatoms. The number of aliphatic carboxylic acids is 1. The number of rotatable bonds is 6. The van der Waals surface area contributed by atoms with E-state index in [0.29, 0.717) is 18.6 Å². The zero-order valence-electron chi connectivity index (χ0n) is 12.3. The third kappa shape index (κ3) is 3.93. The van der Waals surface area contributed by atoms with Crippen LogP contribution in [0.25, 0.3) is 0 Å². The molecule has 19 heavy (non-hydrogen) atoms. The molecule has 1 saturated heterocycles. The molecule has 110 valence electrons. The van der Waals surface area contributed by atoms with Crippen LogP contribution in [0.1, 0.15) is 46.0 Å². The maximum atomic E-state index is 11.3. The largest absolute Gasteiger partial charge is 0.481 e. The Kier molecular flexibility index (Phi) is 5.22. The smallest absolute Gasteiger partial charge is 0.307 e. The summed E-state index contributed by atoms with van der Waals surface area (Å²) in [4.78, 5) is 13.7. The Labute approximate surface area is 116 Å². The van der Waals surface area contributed by atoms with Crippen molar-refractivity contribution in [3.8, 4) is 0 Å². The lowest BCUT2D eigenvalue weighted by atomic mass is 9.85. The number of carboxylic acid groups (broad SMARTS) is 1. The Morgan fingerprint density at radius 1 is 1.42 bits per heavy atom. The molecule has 0 bridgehead atoms. The summed E-state index contributed by atoms with van der Waals surface area (Å²) in [6, 6.07) is 0.833. The number of likely N-dealkylation sites (tertiary alicyclic amines) is 1. The predicted octanol–water partition coefficient (Wildman–Crippen LogP) is 1.95. The minimum Gasteiger partial charge on any atom is -0.481 e. The molecule has 3 atom stereocenters. The van der Waals surface area contributed by atoms with Gasteiger partial charge in [0.1, 0.15) is 0 Å². The molecule has 0 radical (unpaired) electrons. The third-order valence-corrected chi connectivity index (χ3v) is 4.96. The van der Waals surface area contributed by atoms with E-state index in [9.17, 15) is 9.90 Å². The quantitative estimate of drug-likeness (QED) is 0.773. The maximum absolute atomic E-state index is 11.3. The first-order valence-electron chi connectivity index (χ1n) is 7.80. The minimum absolute atomic E-state index is 0.207. The Morgan fingerprint density at radius 2 is 2.16 bits per heavy atom. The van der Waals surface area contributed by atoms with Crippen LogP contribution in [0.5, 0.6) is 0 Å². The van der Waals surface area contributed by atoms with Crippen LogP contribution in [0.15, 0.2) is 0 Å². The van der Waals surface area contributed by atoms with E-state index in [1.165, 1.54) is 19.3 Å². The summed E-state index contributed by atoms with van der Waals surface area (Å²) in [5.41, 5.74) is 0. The van der Waals surface area contributed by atoms with Gasteiger partial charge >= 0.3 is 5.97 Å². The summed E-state index contributed by atoms with van der Waals surface area (Å²) in [5, 5.41) is 12.9. The van der Waals surface area contributed by atoms with Crippen molar-refractivity contribution in [3.63, 3.8) is 0 Å². The van der Waals surface area contributed by atoms with Crippen molar-refractivity contribution in [2.24, 2.45) is 11.8 Å². The van der Waals surface area contributed by atoms with Gasteiger partial charge in [-0.25, -0.2) is 0 Å². The van der Waals surface area contributed by atoms with Crippen LogP contribution in [0.2, 0.25) is 0 Å². The fourth-order valence-electron chi connectivity index (χ4n) is 3.11. The highest BCUT2D eigenvalue weighted by Gasteiger charge is 2.33. The molecule has 2 aliphatic rings. The van der Waals surface area contributed by atoms with Crippen LogP contribution in [-0.2, 0) is 4.79 Å². The van der Waals surface area contributed by atoms with Gasteiger partial charge in [0.25, 0.3) is 0 Å². The summed E-state index contributed by atoms with van der Waals surface area (Å²) in [6.45, 7) is 7.17. The first-order valence-corrected chi connectivity index (χ1v) is 7.80. The molecular weight excluding hydrogens is 240 g/mol. The summed E-state index contributed by atoms with van der Waals surface area (Å²) in [5.74, 6) is -0.00709. The van der Waals surface area contributed by atoms with E-state index >= 15 is 0 Å². The lowest BCUT2D eigenvalue weighted by molar-refractivity contribution is -0.144. The zero-order valence-corrected chi connectivity index (χ0v) is 12.3. The second kappa shape index (κ2) is 6.71. The number of nitrogens with one attached hydrogen (secondary N) is 1. The highest BCUT2D eigenvalue weighted by atomic mass is 16.4. The zero-order chi connectivity index (χ0) is 13.8. The number of nitrogens with zero attached hydrogens (tertiary/aromatic N) is 1. The average Bonchev–Trinajstić information content (AvgIpc) is 2.35. The highest BCUT2D eigenvalue weighted by molar-refractivity contribution is 5.70. The molecule has 1 aliphatic heterocycles. The van der Waals surface area contributed by atoms with E-state index in [4.69, 9.17) is 0 Å². The van der Waals surface area contributed by atoms with Gasteiger partial charge in [0.15, 0.2) is 0 Å². The minimum atomic E-state index is -0.636. The van der Waals surface area contributed by atoms with Gasteiger partial charge < -0.3 is 10.4 Å². The van der Waals surface area contributed by atoms with Gasteiger partial charge in [-0.1, -0.05) is 13.3 Å². The number of carboxylic acids is 1. The Bertz CT molecular complexity index is 305. The van der Waals surface area contributed by atoms with Gasteiger partial charge in [-0.3, -0.25) is 9.69 Å². The second-order valence-electron chi connectivity index (χ2n) is 6.38. The Balaban J connectivity index is 1.87. The fraction of sp³-hybridized carbons (Fsp3) is 0.933. The highest BCUT2D eigenvalue weighted by Crippen LogP contribution is 2.26. The van der Waals surface area contributed by atoms with Crippen LogP contribution in [0, 0.1) is 11.8 Å². The molecule has 0 spiro atoms. The first-order chi connectivity index (χ1) is 9.10. The van der Waals surface area contributed by atoms with Gasteiger partial charge in [-0.05, 0) is 45.1 Å². The van der Waals surface area contributed by atoms with Gasteiger partial charge in [-0.15, -0.1) is 0 Å². The van der Waals surface area contributed by atoms with Gasteiger partial charge in [0.2, 0.25) is 0 Å². The standard InChI is InChI=1S/C15H28N2O2/c1-3-11(2)17-9-13(15(18)19)7-14(10-17)16-8-12-5-4-6-12/h11-14,16H,3-10H2,1-2H3,(H,18,19). The SMILES string of the molecule is CCC(C)N1CC(NCC2CCC2)CC(C(=O)O)C1. The summed E-state index contributed by atoms with van der Waals surface area (Å²) < 4.78 is 0. The van der Waals surface area contributed by atoms with Crippen molar-refractivity contribution in [1.29, 1.82) is 0 Å². The molecule has 0 aromatic rings. The summed E-state index contributed by atoms with van der Waals surface area (Å²) >= 11 is 0. The van der Waals surface area contributed by atoms with Crippen LogP contribution >= 0.6 is 0 Å². The molecule has 2 N–H and O–H groups in total. The van der Waals surface area contributed by atoms with Gasteiger partial charge in [-0.2, -0.15) is 0 Å². The van der Waals surface area contributed by atoms with Crippen LogP contribution in [0.3, 0.4) is 0 Å². The molecule has 2 fully saturated rings. The Morgan fingerprint density at radius 3 is 2.68 bits per heavy atom. The van der Waals surface area contributed by atoms with Crippen molar-refractivity contribution in [3.05, 3.63) is 0 Å². The lowest BCUT2D eigenvalue weighted by Crippen LogP contribution is -2.54. The van der Waals surface area contributed by atoms with E-state index in [-0.39, 0.29) is 5.92 Å². The lowest BCUT2D eigenvalue weighted by Gasteiger charge is -2.40. The van der Waals surface area contributed by atoms with E-state index in [1.54, 1.807) is 0 Å². The summed E-state index contributed by atoms with van der Waals surface area (Å²) in [7, 11) is 0.